The number of fused-ring (bicyclic) bond motifs is 12. The molecular weight excluding hydrogens is 657 g/mol. The van der Waals surface area contributed by atoms with Crippen LogP contribution in [0.2, 0.25) is 0 Å². The summed E-state index contributed by atoms with van der Waals surface area (Å²) in [6, 6.07) is 52.8. The lowest BCUT2D eigenvalue weighted by Crippen LogP contribution is -2.02. The lowest BCUT2D eigenvalue weighted by atomic mass is 10.0. The third-order valence-electron chi connectivity index (χ3n) is 10.2. The summed E-state index contributed by atoms with van der Waals surface area (Å²) >= 11 is 1.84. The first-order valence-electron chi connectivity index (χ1n) is 17.4. The lowest BCUT2D eigenvalue weighted by Gasteiger charge is -2.12. The molecule has 0 aliphatic carbocycles. The third-order valence-corrected chi connectivity index (χ3v) is 11.4. The minimum Gasteiger partial charge on any atom is -0.455 e. The van der Waals surface area contributed by atoms with E-state index in [1.54, 1.807) is 0 Å². The molecule has 0 N–H and O–H groups in total. The standard InChI is InChI=1S/C46H28N4OS/c1-27-14-5-6-19-31(27)46-48-44(28-15-3-2-4-16-28)47-45(49-46)29-17-13-18-30(26-29)50-35-23-10-7-20-32(35)39-41(50)38-33-21-8-11-24-36(33)51-42(38)40-34-22-9-12-25-37(34)52-43(39)40/h2-26H,1H3. The highest BCUT2D eigenvalue weighted by molar-refractivity contribution is 7.27. The fourth-order valence-corrected chi connectivity index (χ4v) is 9.09. The molecule has 0 saturated heterocycles. The molecule has 0 amide bonds. The van der Waals surface area contributed by atoms with E-state index in [0.29, 0.717) is 17.5 Å². The normalized spacial score (nSPS) is 11.9. The van der Waals surface area contributed by atoms with E-state index >= 15 is 0 Å². The maximum Gasteiger partial charge on any atom is 0.164 e. The minimum atomic E-state index is 0.625. The Morgan fingerprint density at radius 3 is 2.08 bits per heavy atom. The molecule has 0 aliphatic rings. The van der Waals surface area contributed by atoms with Gasteiger partial charge >= 0.3 is 0 Å². The van der Waals surface area contributed by atoms with Gasteiger partial charge in [-0.05, 0) is 42.8 Å². The molecule has 0 fully saturated rings. The first kappa shape index (κ1) is 29.1. The first-order valence-corrected chi connectivity index (χ1v) is 18.2. The fourth-order valence-electron chi connectivity index (χ4n) is 7.83. The molecule has 6 heteroatoms. The van der Waals surface area contributed by atoms with Gasteiger partial charge in [0, 0.05) is 58.7 Å². The summed E-state index contributed by atoms with van der Waals surface area (Å²) in [6.45, 7) is 2.09. The zero-order valence-corrected chi connectivity index (χ0v) is 28.9. The number of para-hydroxylation sites is 2. The van der Waals surface area contributed by atoms with Crippen LogP contribution in [-0.4, -0.2) is 19.5 Å². The van der Waals surface area contributed by atoms with Gasteiger partial charge in [-0.25, -0.2) is 15.0 Å². The van der Waals surface area contributed by atoms with Crippen LogP contribution in [0, 0.1) is 6.92 Å². The topological polar surface area (TPSA) is 56.7 Å². The van der Waals surface area contributed by atoms with Gasteiger partial charge in [0.15, 0.2) is 17.5 Å². The molecule has 244 valence electrons. The van der Waals surface area contributed by atoms with Crippen molar-refractivity contribution in [1.82, 2.24) is 19.5 Å². The molecule has 11 aromatic rings. The van der Waals surface area contributed by atoms with E-state index in [1.807, 2.05) is 59.9 Å². The molecule has 4 aromatic heterocycles. The maximum absolute atomic E-state index is 6.81. The molecule has 7 aromatic carbocycles. The Morgan fingerprint density at radius 1 is 0.538 bits per heavy atom. The average Bonchev–Trinajstić information content (AvgIpc) is 3.88. The average molecular weight is 685 g/mol. The third kappa shape index (κ3) is 4.25. The lowest BCUT2D eigenvalue weighted by molar-refractivity contribution is 0.673. The maximum atomic E-state index is 6.81. The minimum absolute atomic E-state index is 0.625. The molecular formula is C46H28N4OS. The number of hydrogen-bond acceptors (Lipinski definition) is 5. The van der Waals surface area contributed by atoms with E-state index in [-0.39, 0.29) is 0 Å². The van der Waals surface area contributed by atoms with E-state index in [2.05, 4.69) is 115 Å². The Bertz CT molecular complexity index is 3180. The van der Waals surface area contributed by atoms with Crippen molar-refractivity contribution < 1.29 is 4.42 Å². The molecule has 52 heavy (non-hydrogen) atoms. The van der Waals surface area contributed by atoms with Crippen LogP contribution in [0.5, 0.6) is 0 Å². The highest BCUT2D eigenvalue weighted by Gasteiger charge is 2.25. The summed E-state index contributed by atoms with van der Waals surface area (Å²) in [7, 11) is 0. The molecule has 0 bridgehead atoms. The smallest absolute Gasteiger partial charge is 0.164 e. The number of rotatable bonds is 4. The van der Waals surface area contributed by atoms with Gasteiger partial charge in [-0.3, -0.25) is 0 Å². The largest absolute Gasteiger partial charge is 0.455 e. The summed E-state index contributed by atoms with van der Waals surface area (Å²) in [5, 5.41) is 7.08. The monoisotopic (exact) mass is 684 g/mol. The van der Waals surface area contributed by atoms with Gasteiger partial charge < -0.3 is 8.98 Å². The van der Waals surface area contributed by atoms with Crippen molar-refractivity contribution >= 4 is 75.3 Å². The SMILES string of the molecule is Cc1ccccc1-c1nc(-c2ccccc2)nc(-c2cccc(-n3c4ccccc4c4c5sc6ccccc6c5c5oc6ccccc6c5c43)c2)n1. The number of thiophene rings is 1. The Labute approximate surface area is 302 Å². The second kappa shape index (κ2) is 11.2. The van der Waals surface area contributed by atoms with Gasteiger partial charge in [0.1, 0.15) is 11.2 Å². The van der Waals surface area contributed by atoms with Crippen molar-refractivity contribution in [3.05, 3.63) is 157 Å². The summed E-state index contributed by atoms with van der Waals surface area (Å²) in [6.07, 6.45) is 0. The molecule has 5 nitrogen and oxygen atoms in total. The number of hydrogen-bond donors (Lipinski definition) is 0. The zero-order valence-electron chi connectivity index (χ0n) is 28.0. The predicted molar refractivity (Wildman–Crippen MR) is 215 cm³/mol. The van der Waals surface area contributed by atoms with Crippen molar-refractivity contribution in [3.63, 3.8) is 0 Å². The number of aromatic nitrogens is 4. The van der Waals surface area contributed by atoms with E-state index in [1.165, 1.54) is 30.9 Å². The van der Waals surface area contributed by atoms with E-state index < -0.39 is 0 Å². The second-order valence-corrected chi connectivity index (χ2v) is 14.3. The van der Waals surface area contributed by atoms with Crippen molar-refractivity contribution in [2.75, 3.05) is 0 Å². The van der Waals surface area contributed by atoms with Crippen LogP contribution in [0.25, 0.3) is 104 Å². The molecule has 0 radical (unpaired) electrons. The number of benzene rings is 7. The number of furan rings is 1. The van der Waals surface area contributed by atoms with Crippen molar-refractivity contribution in [3.8, 4) is 39.9 Å². The van der Waals surface area contributed by atoms with Crippen LogP contribution < -0.4 is 0 Å². The molecule has 0 aliphatic heterocycles. The number of aryl methyl sites for hydroxylation is 1. The van der Waals surface area contributed by atoms with E-state index in [9.17, 15) is 0 Å². The molecule has 0 atom stereocenters. The first-order chi connectivity index (χ1) is 25.7. The summed E-state index contributed by atoms with van der Waals surface area (Å²) < 4.78 is 11.7. The van der Waals surface area contributed by atoms with Crippen LogP contribution in [0.1, 0.15) is 5.56 Å². The predicted octanol–water partition coefficient (Wildman–Crippen LogP) is 12.5. The Balaban J connectivity index is 1.24. The quantitative estimate of drug-likeness (QED) is 0.185. The van der Waals surface area contributed by atoms with Gasteiger partial charge in [-0.1, -0.05) is 121 Å². The molecule has 0 saturated carbocycles. The van der Waals surface area contributed by atoms with Gasteiger partial charge in [-0.2, -0.15) is 0 Å². The highest BCUT2D eigenvalue weighted by Crippen LogP contribution is 2.50. The summed E-state index contributed by atoms with van der Waals surface area (Å²) in [4.78, 5) is 15.2. The van der Waals surface area contributed by atoms with Gasteiger partial charge in [-0.15, -0.1) is 11.3 Å². The second-order valence-electron chi connectivity index (χ2n) is 13.2. The Morgan fingerprint density at radius 2 is 1.21 bits per heavy atom. The van der Waals surface area contributed by atoms with Crippen LogP contribution in [0.15, 0.2) is 156 Å². The zero-order chi connectivity index (χ0) is 34.3. The van der Waals surface area contributed by atoms with Crippen molar-refractivity contribution in [2.24, 2.45) is 0 Å². The molecule has 11 rings (SSSR count). The fraction of sp³-hybridized carbons (Fsp3) is 0.0217. The molecule has 4 heterocycles. The van der Waals surface area contributed by atoms with Gasteiger partial charge in [0.05, 0.1) is 16.4 Å². The molecule has 0 spiro atoms. The Hall–Kier alpha value is -6.63. The van der Waals surface area contributed by atoms with E-state index in [4.69, 9.17) is 19.4 Å². The van der Waals surface area contributed by atoms with Crippen molar-refractivity contribution in [2.45, 2.75) is 6.92 Å². The van der Waals surface area contributed by atoms with E-state index in [0.717, 1.165) is 60.9 Å². The van der Waals surface area contributed by atoms with Gasteiger partial charge in [0.2, 0.25) is 0 Å². The Kier molecular flexibility index (Phi) is 6.27. The van der Waals surface area contributed by atoms with Crippen molar-refractivity contribution in [1.29, 1.82) is 0 Å². The van der Waals surface area contributed by atoms with Crippen LogP contribution in [-0.2, 0) is 0 Å². The highest BCUT2D eigenvalue weighted by atomic mass is 32.1. The van der Waals surface area contributed by atoms with Crippen LogP contribution in [0.4, 0.5) is 0 Å². The van der Waals surface area contributed by atoms with Crippen LogP contribution in [0.3, 0.4) is 0 Å². The summed E-state index contributed by atoms with van der Waals surface area (Å²) in [5.74, 6) is 1.92. The van der Waals surface area contributed by atoms with Gasteiger partial charge in [0.25, 0.3) is 0 Å². The molecule has 0 unspecified atom stereocenters. The number of nitrogens with zero attached hydrogens (tertiary/aromatic N) is 4. The summed E-state index contributed by atoms with van der Waals surface area (Å²) in [5.41, 5.74) is 9.06. The van der Waals surface area contributed by atoms with Crippen LogP contribution >= 0.6 is 11.3 Å².